The van der Waals surface area contributed by atoms with E-state index in [1.807, 2.05) is 13.8 Å². The molecule has 4 aliphatic rings. The van der Waals surface area contributed by atoms with E-state index in [-0.39, 0.29) is 123 Å². The number of carbonyl (C=O) groups is 3. The number of aliphatic hydroxyl groups excluding tert-OH is 3. The minimum absolute atomic E-state index is 0.00179. The number of aliphatic hydroxyl groups is 3. The fourth-order valence-corrected chi connectivity index (χ4v) is 16.8. The normalized spacial score (nSPS) is 20.2. The lowest BCUT2D eigenvalue weighted by Gasteiger charge is -2.35. The second-order valence-corrected chi connectivity index (χ2v) is 30.0. The average Bonchev–Trinajstić information content (AvgIpc) is 1.77. The maximum Gasteiger partial charge on any atom is 0.256 e. The number of nitrogens with one attached hydrogen (secondary N) is 5. The number of sulfonamides is 3. The Labute approximate surface area is 551 Å². The molecule has 20 nitrogen and oxygen atoms in total. The number of aromatic amines is 2. The molecule has 2 aromatic heterocycles. The first kappa shape index (κ1) is 70.1. The number of alkyl halides is 1. The van der Waals surface area contributed by atoms with Crippen LogP contribution in [-0.2, 0) is 36.5 Å². The standard InChI is InChI=1S/C22H22ClF2N3O4S.C22H23F2N3O4S.C20H17ClF2N2O4S/c1-12-10-28(5-3-13(12)11-29)33(31,32)15-8-17(16-2-4-26-20(16)9-15)22(30)27-14-6-18(23)21(25)19(24)7-14;1-13-11-27(7-5-14(13)12-28)32(30,31)16-9-18(17-4-6-25-21(17)10-16)22(29)26-15-2-3-19(23)20(24)8-15;21-16-7-12(4-5-17(16)22)24-20(27)15-8-13(6-11-2-1-3-14(11)15)30(28,29)25-9-18(23)19(26)10-25/h2,4,6-9,12-13,26,29H,3,5,10-11H2,1H3,(H,27,30);2-4,6,8-10,13-14,25,28H,5,7,11-12H2,1H3,(H,26,29);1,3-8,18-19,26H,2,9-10H2,(H,24,27). The number of hydrogen-bond donors (Lipinski definition) is 8. The van der Waals surface area contributed by atoms with Gasteiger partial charge in [0.2, 0.25) is 30.1 Å². The zero-order valence-electron chi connectivity index (χ0n) is 50.4. The summed E-state index contributed by atoms with van der Waals surface area (Å²) in [6, 6.07) is 20.0. The van der Waals surface area contributed by atoms with Crippen molar-refractivity contribution in [3.63, 3.8) is 0 Å². The molecular formula is C64H62Cl2F6N8O12S3. The van der Waals surface area contributed by atoms with E-state index in [2.05, 4.69) is 25.9 Å². The van der Waals surface area contributed by atoms with Crippen LogP contribution in [-0.4, -0.2) is 146 Å². The third kappa shape index (κ3) is 15.0. The summed E-state index contributed by atoms with van der Waals surface area (Å²) in [6.07, 6.45) is 5.14. The highest BCUT2D eigenvalue weighted by molar-refractivity contribution is 7.89. The minimum Gasteiger partial charge on any atom is -0.396 e. The molecule has 12 rings (SSSR count). The number of rotatable bonds is 14. The van der Waals surface area contributed by atoms with Crippen molar-refractivity contribution < 1.29 is 81.3 Å². The maximum atomic E-state index is 13.7. The van der Waals surface area contributed by atoms with E-state index in [1.165, 1.54) is 63.2 Å². The lowest BCUT2D eigenvalue weighted by atomic mass is 9.89. The quantitative estimate of drug-likeness (QED) is 0.0373. The van der Waals surface area contributed by atoms with Gasteiger partial charge in [0.05, 0.1) is 35.9 Å². The van der Waals surface area contributed by atoms with Gasteiger partial charge in [0.1, 0.15) is 18.1 Å². The molecule has 3 saturated heterocycles. The predicted octanol–water partition coefficient (Wildman–Crippen LogP) is 10.3. The summed E-state index contributed by atoms with van der Waals surface area (Å²) >= 11 is 11.4. The van der Waals surface area contributed by atoms with Crippen molar-refractivity contribution >= 4 is 116 Å². The van der Waals surface area contributed by atoms with Gasteiger partial charge in [0, 0.05) is 121 Å². The molecule has 0 saturated carbocycles. The lowest BCUT2D eigenvalue weighted by molar-refractivity contribution is 0.101. The van der Waals surface area contributed by atoms with Gasteiger partial charge in [-0.1, -0.05) is 49.2 Å². The van der Waals surface area contributed by atoms with Crippen molar-refractivity contribution in [1.29, 1.82) is 0 Å². The summed E-state index contributed by atoms with van der Waals surface area (Å²) < 4.78 is 164. The Kier molecular flexibility index (Phi) is 21.1. The van der Waals surface area contributed by atoms with Crippen LogP contribution in [0, 0.1) is 52.8 Å². The summed E-state index contributed by atoms with van der Waals surface area (Å²) in [5, 5.41) is 36.3. The summed E-state index contributed by atoms with van der Waals surface area (Å²) in [6.45, 7) is 4.06. The molecule has 504 valence electrons. The van der Waals surface area contributed by atoms with Gasteiger partial charge in [-0.25, -0.2) is 51.6 Å². The highest BCUT2D eigenvalue weighted by atomic mass is 35.5. The molecular weight excluding hydrogens is 1350 g/mol. The van der Waals surface area contributed by atoms with Crippen molar-refractivity contribution in [1.82, 2.24) is 22.9 Å². The van der Waals surface area contributed by atoms with Gasteiger partial charge in [-0.15, -0.1) is 0 Å². The monoisotopic (exact) mass is 1410 g/mol. The number of anilines is 3. The number of allylic oxidation sites excluding steroid dienone is 1. The fraction of sp³-hybridized carbons (Fsp3) is 0.297. The molecule has 3 amide bonds. The Morgan fingerprint density at radius 1 is 0.547 bits per heavy atom. The number of piperidine rings is 2. The second-order valence-electron chi connectivity index (χ2n) is 23.4. The number of β-amino-alcohol motifs (C(OH)–C–C–N with tert-alkyl or cyclic N) is 1. The topological polar surface area (TPSA) is 292 Å². The Bertz CT molecular complexity index is 4670. The summed E-state index contributed by atoms with van der Waals surface area (Å²) in [5.41, 5.74) is 2.57. The molecule has 6 aromatic carbocycles. The molecule has 1 aliphatic carbocycles. The van der Waals surface area contributed by atoms with Gasteiger partial charge in [0.25, 0.3) is 17.7 Å². The molecule has 8 aromatic rings. The largest absolute Gasteiger partial charge is 0.396 e. The number of aromatic nitrogens is 2. The molecule has 0 spiro atoms. The first-order valence-corrected chi connectivity index (χ1v) is 34.6. The third-order valence-electron chi connectivity index (χ3n) is 17.1. The minimum atomic E-state index is -4.11. The molecule has 8 N–H and O–H groups in total. The number of halogens is 8. The predicted molar refractivity (Wildman–Crippen MR) is 345 cm³/mol. The molecule has 95 heavy (non-hydrogen) atoms. The maximum absolute atomic E-state index is 13.7. The molecule has 3 fully saturated rings. The van der Waals surface area contributed by atoms with Gasteiger partial charge in [-0.2, -0.15) is 12.9 Å². The van der Waals surface area contributed by atoms with E-state index in [0.29, 0.717) is 52.2 Å². The third-order valence-corrected chi connectivity index (χ3v) is 23.2. The number of carbonyl (C=O) groups excluding carboxylic acids is 3. The Balaban J connectivity index is 0.000000155. The number of benzene rings is 6. The highest BCUT2D eigenvalue weighted by Crippen LogP contribution is 2.36. The van der Waals surface area contributed by atoms with Crippen LogP contribution in [0.1, 0.15) is 68.9 Å². The van der Waals surface area contributed by atoms with Gasteiger partial charge >= 0.3 is 0 Å². The van der Waals surface area contributed by atoms with Crippen LogP contribution in [0.15, 0.2) is 130 Å². The smallest absolute Gasteiger partial charge is 0.256 e. The van der Waals surface area contributed by atoms with E-state index in [4.69, 9.17) is 23.2 Å². The van der Waals surface area contributed by atoms with Gasteiger partial charge in [0.15, 0.2) is 23.3 Å². The Hall–Kier alpha value is -7.68. The second kappa shape index (κ2) is 28.6. The van der Waals surface area contributed by atoms with E-state index < -0.39 is 101 Å². The van der Waals surface area contributed by atoms with Gasteiger partial charge in [-0.3, -0.25) is 14.4 Å². The first-order valence-electron chi connectivity index (χ1n) is 29.6. The van der Waals surface area contributed by atoms with Gasteiger partial charge in [-0.05, 0) is 139 Å². The number of amides is 3. The van der Waals surface area contributed by atoms with Crippen molar-refractivity contribution in [3.05, 3.63) is 182 Å². The van der Waals surface area contributed by atoms with E-state index in [1.54, 1.807) is 36.7 Å². The molecule has 5 heterocycles. The van der Waals surface area contributed by atoms with Crippen LogP contribution in [0.5, 0.6) is 0 Å². The molecule has 31 heteroatoms. The average molecular weight is 1420 g/mol. The van der Waals surface area contributed by atoms with E-state index in [0.717, 1.165) is 34.6 Å². The molecule has 6 unspecified atom stereocenters. The number of nitrogens with zero attached hydrogens (tertiary/aromatic N) is 3. The highest BCUT2D eigenvalue weighted by Gasteiger charge is 2.40. The van der Waals surface area contributed by atoms with Crippen LogP contribution in [0.2, 0.25) is 10.0 Å². The van der Waals surface area contributed by atoms with Crippen LogP contribution < -0.4 is 16.0 Å². The zero-order chi connectivity index (χ0) is 68.6. The van der Waals surface area contributed by atoms with Crippen molar-refractivity contribution in [2.24, 2.45) is 23.7 Å². The van der Waals surface area contributed by atoms with Crippen LogP contribution >= 0.6 is 23.2 Å². The summed E-state index contributed by atoms with van der Waals surface area (Å²) in [7, 11) is -11.9. The zero-order valence-corrected chi connectivity index (χ0v) is 54.4. The first-order chi connectivity index (χ1) is 45.0. The van der Waals surface area contributed by atoms with Crippen molar-refractivity contribution in [2.45, 2.75) is 60.1 Å². The lowest BCUT2D eigenvalue weighted by Crippen LogP contribution is -2.43. The van der Waals surface area contributed by atoms with Crippen LogP contribution in [0.3, 0.4) is 0 Å². The van der Waals surface area contributed by atoms with Crippen molar-refractivity contribution in [2.75, 3.05) is 68.4 Å². The van der Waals surface area contributed by atoms with Crippen molar-refractivity contribution in [3.8, 4) is 0 Å². The van der Waals surface area contributed by atoms with E-state index in [9.17, 15) is 81.3 Å². The molecule has 6 atom stereocenters. The van der Waals surface area contributed by atoms with Gasteiger partial charge < -0.3 is 41.2 Å². The molecule has 3 aliphatic heterocycles. The van der Waals surface area contributed by atoms with Crippen LogP contribution in [0.4, 0.5) is 43.4 Å². The Morgan fingerprint density at radius 3 is 1.49 bits per heavy atom. The summed E-state index contributed by atoms with van der Waals surface area (Å²) in [5.74, 6) is -7.12. The Morgan fingerprint density at radius 2 is 1.01 bits per heavy atom. The fourth-order valence-electron chi connectivity index (χ4n) is 11.7. The number of hydrogen-bond acceptors (Lipinski definition) is 12. The summed E-state index contributed by atoms with van der Waals surface area (Å²) in [4.78, 5) is 44.4. The van der Waals surface area contributed by atoms with E-state index >= 15 is 0 Å². The van der Waals surface area contributed by atoms with Crippen LogP contribution in [0.25, 0.3) is 27.9 Å². The molecule has 0 bridgehead atoms. The number of fused-ring (bicyclic) bond motifs is 3. The SMILES string of the molecule is CC1CN(S(=O)(=O)c2cc(C(=O)Nc3cc(F)c(F)c(Cl)c3)c3cc[nH]c3c2)CCC1CO.CC1CN(S(=O)(=O)c2cc(C(=O)Nc3ccc(F)c(F)c3)c3cc[nH]c3c2)CCC1CO.O=C(Nc1ccc(F)c(Cl)c1)c1cc(S(=O)(=O)N2CC(O)C(F)C2)cc2c1C=CC2. The number of H-pyrrole nitrogens is 2. The molecule has 0 radical (unpaired) electrons.